The van der Waals surface area contributed by atoms with Crippen LogP contribution in [-0.2, 0) is 10.0 Å². The molecular formula is C18H17ClN2O2S2. The first-order valence-electron chi connectivity index (χ1n) is 7.64. The standard InChI is InChI=1S/C18H17ClN2O2S2/c1-13(18-20-16-5-3-4-6-17(16)24-18)21(2)25(22,23)12-11-14-7-9-15(19)10-8-14/h3-13H,1-2H3/b12-11+/t13-/m0/s1. The quantitative estimate of drug-likeness (QED) is 0.617. The highest BCUT2D eigenvalue weighted by Crippen LogP contribution is 2.30. The second-order valence-electron chi connectivity index (χ2n) is 5.61. The van der Waals surface area contributed by atoms with Gasteiger partial charge in [0.25, 0.3) is 0 Å². The molecule has 7 heteroatoms. The van der Waals surface area contributed by atoms with Crippen LogP contribution < -0.4 is 0 Å². The highest BCUT2D eigenvalue weighted by Gasteiger charge is 2.24. The van der Waals surface area contributed by atoms with Crippen LogP contribution in [0.5, 0.6) is 0 Å². The van der Waals surface area contributed by atoms with Gasteiger partial charge in [-0.25, -0.2) is 13.4 Å². The number of fused-ring (bicyclic) bond motifs is 1. The number of aromatic nitrogens is 1. The van der Waals surface area contributed by atoms with E-state index < -0.39 is 10.0 Å². The topological polar surface area (TPSA) is 50.3 Å². The Morgan fingerprint density at radius 3 is 2.52 bits per heavy atom. The van der Waals surface area contributed by atoms with Crippen LogP contribution in [0.2, 0.25) is 5.02 Å². The number of thiazole rings is 1. The third-order valence-corrected chi connectivity index (χ3v) is 6.97. The van der Waals surface area contributed by atoms with Crippen molar-refractivity contribution in [3.05, 3.63) is 69.5 Å². The molecule has 0 N–H and O–H groups in total. The molecule has 3 aromatic rings. The second-order valence-corrected chi connectivity index (χ2v) is 8.99. The molecular weight excluding hydrogens is 376 g/mol. The van der Waals surface area contributed by atoms with Crippen LogP contribution in [0.15, 0.2) is 53.9 Å². The minimum Gasteiger partial charge on any atom is -0.239 e. The van der Waals surface area contributed by atoms with Gasteiger partial charge in [0.15, 0.2) is 0 Å². The average Bonchev–Trinajstić information content (AvgIpc) is 3.04. The van der Waals surface area contributed by atoms with Crippen molar-refractivity contribution in [2.75, 3.05) is 7.05 Å². The fraction of sp³-hybridized carbons (Fsp3) is 0.167. The minimum atomic E-state index is -3.57. The highest BCUT2D eigenvalue weighted by molar-refractivity contribution is 7.92. The fourth-order valence-corrected chi connectivity index (χ4v) is 4.60. The first kappa shape index (κ1) is 18.1. The van der Waals surface area contributed by atoms with Gasteiger partial charge in [-0.05, 0) is 42.8 Å². The number of para-hydroxylation sites is 1. The van der Waals surface area contributed by atoms with Crippen molar-refractivity contribution in [1.82, 2.24) is 9.29 Å². The zero-order chi connectivity index (χ0) is 18.0. The van der Waals surface area contributed by atoms with Crippen LogP contribution in [-0.4, -0.2) is 24.8 Å². The van der Waals surface area contributed by atoms with Crippen molar-refractivity contribution >= 4 is 49.3 Å². The average molecular weight is 393 g/mol. The summed E-state index contributed by atoms with van der Waals surface area (Å²) in [5.74, 6) is 0. The van der Waals surface area contributed by atoms with E-state index in [9.17, 15) is 8.42 Å². The van der Waals surface area contributed by atoms with E-state index in [1.807, 2.05) is 31.2 Å². The number of halogens is 1. The van der Waals surface area contributed by atoms with Crippen LogP contribution in [0, 0.1) is 0 Å². The Balaban J connectivity index is 1.82. The molecule has 0 amide bonds. The molecule has 0 aliphatic carbocycles. The van der Waals surface area contributed by atoms with Crippen LogP contribution in [0.4, 0.5) is 0 Å². The van der Waals surface area contributed by atoms with Gasteiger partial charge in [0.2, 0.25) is 10.0 Å². The Morgan fingerprint density at radius 1 is 1.16 bits per heavy atom. The van der Waals surface area contributed by atoms with Crippen molar-refractivity contribution in [1.29, 1.82) is 0 Å². The van der Waals surface area contributed by atoms with E-state index in [4.69, 9.17) is 11.6 Å². The minimum absolute atomic E-state index is 0.350. The molecule has 0 aliphatic rings. The lowest BCUT2D eigenvalue weighted by molar-refractivity contribution is 0.403. The molecule has 1 heterocycles. The molecule has 0 bridgehead atoms. The molecule has 1 aromatic heterocycles. The molecule has 2 aromatic carbocycles. The zero-order valence-electron chi connectivity index (χ0n) is 13.8. The largest absolute Gasteiger partial charge is 0.239 e. The Morgan fingerprint density at radius 2 is 1.84 bits per heavy atom. The maximum Gasteiger partial charge on any atom is 0.236 e. The van der Waals surface area contributed by atoms with E-state index in [0.29, 0.717) is 5.02 Å². The van der Waals surface area contributed by atoms with Crippen molar-refractivity contribution in [3.63, 3.8) is 0 Å². The summed E-state index contributed by atoms with van der Waals surface area (Å²) in [7, 11) is -2.00. The molecule has 0 radical (unpaired) electrons. The normalized spacial score (nSPS) is 13.8. The maximum atomic E-state index is 12.6. The summed E-state index contributed by atoms with van der Waals surface area (Å²) in [5.41, 5.74) is 1.66. The Kier molecular flexibility index (Phi) is 5.24. The molecule has 1 atom stereocenters. The molecule has 0 saturated carbocycles. The monoisotopic (exact) mass is 392 g/mol. The SMILES string of the molecule is C[C@@H](c1nc2ccccc2s1)N(C)S(=O)(=O)/C=C/c1ccc(Cl)cc1. The molecule has 0 saturated heterocycles. The number of benzene rings is 2. The third-order valence-electron chi connectivity index (χ3n) is 3.92. The van der Waals surface area contributed by atoms with Crippen molar-refractivity contribution < 1.29 is 8.42 Å². The summed E-state index contributed by atoms with van der Waals surface area (Å²) in [6.45, 7) is 1.84. The van der Waals surface area contributed by atoms with E-state index in [1.165, 1.54) is 21.1 Å². The van der Waals surface area contributed by atoms with E-state index >= 15 is 0 Å². The lowest BCUT2D eigenvalue weighted by Gasteiger charge is -2.20. The van der Waals surface area contributed by atoms with E-state index in [-0.39, 0.29) is 6.04 Å². The molecule has 0 unspecified atom stereocenters. The number of rotatable bonds is 5. The lowest BCUT2D eigenvalue weighted by atomic mass is 10.2. The van der Waals surface area contributed by atoms with Crippen LogP contribution >= 0.6 is 22.9 Å². The molecule has 0 spiro atoms. The Bertz CT molecular complexity index is 978. The van der Waals surface area contributed by atoms with Gasteiger partial charge >= 0.3 is 0 Å². The smallest absolute Gasteiger partial charge is 0.236 e. The van der Waals surface area contributed by atoms with E-state index in [0.717, 1.165) is 20.8 Å². The summed E-state index contributed by atoms with van der Waals surface area (Å²) in [5, 5.41) is 2.59. The summed E-state index contributed by atoms with van der Waals surface area (Å²) in [4.78, 5) is 4.55. The van der Waals surface area contributed by atoms with Crippen LogP contribution in [0.3, 0.4) is 0 Å². The summed E-state index contributed by atoms with van der Waals surface area (Å²) in [6.07, 6.45) is 1.56. The van der Waals surface area contributed by atoms with Gasteiger partial charge in [0.1, 0.15) is 5.01 Å². The number of hydrogen-bond donors (Lipinski definition) is 0. The van der Waals surface area contributed by atoms with Gasteiger partial charge in [0, 0.05) is 17.5 Å². The van der Waals surface area contributed by atoms with Crippen molar-refractivity contribution in [2.45, 2.75) is 13.0 Å². The fourth-order valence-electron chi connectivity index (χ4n) is 2.28. The summed E-state index contributed by atoms with van der Waals surface area (Å²) >= 11 is 7.35. The van der Waals surface area contributed by atoms with E-state index in [2.05, 4.69) is 4.98 Å². The molecule has 0 aliphatic heterocycles. The highest BCUT2D eigenvalue weighted by atomic mass is 35.5. The maximum absolute atomic E-state index is 12.6. The second kappa shape index (κ2) is 7.25. The predicted molar refractivity (Wildman–Crippen MR) is 105 cm³/mol. The molecule has 3 rings (SSSR count). The van der Waals surface area contributed by atoms with Crippen LogP contribution in [0.25, 0.3) is 16.3 Å². The lowest BCUT2D eigenvalue weighted by Crippen LogP contribution is -2.27. The van der Waals surface area contributed by atoms with Gasteiger partial charge in [-0.1, -0.05) is 35.9 Å². The summed E-state index contributed by atoms with van der Waals surface area (Å²) in [6, 6.07) is 14.4. The number of nitrogens with zero attached hydrogens (tertiary/aromatic N) is 2. The molecule has 0 fully saturated rings. The van der Waals surface area contributed by atoms with Crippen molar-refractivity contribution in [3.8, 4) is 0 Å². The van der Waals surface area contributed by atoms with Gasteiger partial charge in [-0.15, -0.1) is 11.3 Å². The summed E-state index contributed by atoms with van der Waals surface area (Å²) < 4.78 is 27.6. The predicted octanol–water partition coefficient (Wildman–Crippen LogP) is 4.94. The molecule has 25 heavy (non-hydrogen) atoms. The first-order chi connectivity index (χ1) is 11.9. The zero-order valence-corrected chi connectivity index (χ0v) is 16.1. The third kappa shape index (κ3) is 4.10. The van der Waals surface area contributed by atoms with Gasteiger partial charge in [-0.2, -0.15) is 4.31 Å². The molecule has 4 nitrogen and oxygen atoms in total. The van der Waals surface area contributed by atoms with Gasteiger partial charge in [-0.3, -0.25) is 0 Å². The van der Waals surface area contributed by atoms with Gasteiger partial charge < -0.3 is 0 Å². The molecule has 130 valence electrons. The first-order valence-corrected chi connectivity index (χ1v) is 10.3. The number of sulfonamides is 1. The Hall–Kier alpha value is -1.73. The van der Waals surface area contributed by atoms with Crippen molar-refractivity contribution in [2.24, 2.45) is 0 Å². The van der Waals surface area contributed by atoms with Crippen LogP contribution in [0.1, 0.15) is 23.5 Å². The number of hydrogen-bond acceptors (Lipinski definition) is 4. The van der Waals surface area contributed by atoms with E-state index in [1.54, 1.807) is 37.4 Å². The Labute approximate surface area is 156 Å². The van der Waals surface area contributed by atoms with Gasteiger partial charge in [0.05, 0.1) is 16.3 Å².